The Balaban J connectivity index is 1.88. The van der Waals surface area contributed by atoms with Crippen LogP contribution in [-0.2, 0) is 0 Å². The molecule has 0 radical (unpaired) electrons. The molecule has 0 bridgehead atoms. The molecule has 22 heavy (non-hydrogen) atoms. The van der Waals surface area contributed by atoms with E-state index in [4.69, 9.17) is 5.73 Å². The predicted molar refractivity (Wildman–Crippen MR) is 81.4 cm³/mol. The average molecular weight is 298 g/mol. The van der Waals surface area contributed by atoms with Gasteiger partial charge in [0.2, 0.25) is 5.95 Å². The number of nitrogens with one attached hydrogen (secondary N) is 3. The molecule has 112 valence electrons. The van der Waals surface area contributed by atoms with Crippen molar-refractivity contribution in [2.24, 2.45) is 5.73 Å². The molecule has 5 N–H and O–H groups in total. The van der Waals surface area contributed by atoms with Crippen LogP contribution in [-0.4, -0.2) is 43.9 Å². The fourth-order valence-electron chi connectivity index (χ4n) is 1.88. The highest BCUT2D eigenvalue weighted by atomic mass is 16.1. The Bertz CT molecular complexity index is 785. The first-order valence-corrected chi connectivity index (χ1v) is 6.64. The minimum atomic E-state index is -0.336. The molecule has 0 aliphatic rings. The summed E-state index contributed by atoms with van der Waals surface area (Å²) in [6.45, 7) is 0.988. The fraction of sp³-hybridized carbons (Fsp3) is 0.154. The lowest BCUT2D eigenvalue weighted by Gasteiger charge is -2.08. The van der Waals surface area contributed by atoms with E-state index in [1.807, 2.05) is 0 Å². The summed E-state index contributed by atoms with van der Waals surface area (Å²) in [7, 11) is 0. The number of amides is 1. The van der Waals surface area contributed by atoms with E-state index in [1.54, 1.807) is 18.3 Å². The van der Waals surface area contributed by atoms with Gasteiger partial charge in [-0.2, -0.15) is 9.97 Å². The number of carbonyl (C=O) groups excluding carboxylic acids is 1. The zero-order chi connectivity index (χ0) is 15.4. The maximum Gasteiger partial charge on any atom is 0.259 e. The number of anilines is 2. The van der Waals surface area contributed by atoms with Crippen molar-refractivity contribution >= 4 is 28.8 Å². The van der Waals surface area contributed by atoms with E-state index in [0.29, 0.717) is 35.6 Å². The van der Waals surface area contributed by atoms with Crippen molar-refractivity contribution in [2.45, 2.75) is 0 Å². The van der Waals surface area contributed by atoms with Gasteiger partial charge in [0.25, 0.3) is 5.91 Å². The van der Waals surface area contributed by atoms with Gasteiger partial charge in [-0.05, 0) is 12.1 Å². The van der Waals surface area contributed by atoms with E-state index in [1.165, 1.54) is 12.5 Å². The van der Waals surface area contributed by atoms with Gasteiger partial charge in [0, 0.05) is 25.5 Å². The van der Waals surface area contributed by atoms with Crippen LogP contribution < -0.4 is 16.4 Å². The van der Waals surface area contributed by atoms with Crippen LogP contribution in [0.2, 0.25) is 0 Å². The average Bonchev–Trinajstić information content (AvgIpc) is 3.02. The highest BCUT2D eigenvalue weighted by molar-refractivity contribution is 6.03. The van der Waals surface area contributed by atoms with Crippen molar-refractivity contribution in [3.63, 3.8) is 0 Å². The smallest absolute Gasteiger partial charge is 0.259 e. The third-order valence-electron chi connectivity index (χ3n) is 2.86. The number of hydrogen-bond acceptors (Lipinski definition) is 7. The second-order valence-corrected chi connectivity index (χ2v) is 4.41. The Hall–Kier alpha value is -3.07. The van der Waals surface area contributed by atoms with Crippen LogP contribution in [0.5, 0.6) is 0 Å². The highest BCUT2D eigenvalue weighted by Gasteiger charge is 2.13. The topological polar surface area (TPSA) is 134 Å². The molecule has 9 heteroatoms. The molecular formula is C13H14N8O. The number of rotatable bonds is 5. The van der Waals surface area contributed by atoms with E-state index in [2.05, 4.69) is 35.6 Å². The molecule has 0 atom stereocenters. The normalized spacial score (nSPS) is 10.6. The van der Waals surface area contributed by atoms with Crippen LogP contribution in [0.25, 0.3) is 11.2 Å². The first-order valence-electron chi connectivity index (χ1n) is 6.64. The Kier molecular flexibility index (Phi) is 3.88. The van der Waals surface area contributed by atoms with Crippen LogP contribution in [0, 0.1) is 0 Å². The standard InChI is InChI=1S/C13H14N8O/c14-3-5-16-10-9-11(18-7-17-9)20-13(19-10)21-12(22)8-2-1-4-15-6-8/h1-2,4,6-7H,3,5,14H2,(H3,16,17,18,19,20,21,22). The minimum Gasteiger partial charge on any atom is -0.367 e. The lowest BCUT2D eigenvalue weighted by atomic mass is 10.3. The highest BCUT2D eigenvalue weighted by Crippen LogP contribution is 2.18. The number of H-pyrrole nitrogens is 1. The van der Waals surface area contributed by atoms with Gasteiger partial charge in [0.05, 0.1) is 11.9 Å². The van der Waals surface area contributed by atoms with Crippen molar-refractivity contribution in [2.75, 3.05) is 23.7 Å². The molecular weight excluding hydrogens is 284 g/mol. The molecule has 0 aliphatic heterocycles. The zero-order valence-corrected chi connectivity index (χ0v) is 11.6. The number of aromatic amines is 1. The van der Waals surface area contributed by atoms with Gasteiger partial charge in [0.1, 0.15) is 5.52 Å². The molecule has 0 aromatic carbocycles. The van der Waals surface area contributed by atoms with Gasteiger partial charge in [-0.3, -0.25) is 15.1 Å². The molecule has 3 aromatic heterocycles. The Labute approximate surface area is 125 Å². The first-order chi connectivity index (χ1) is 10.8. The van der Waals surface area contributed by atoms with Crippen LogP contribution >= 0.6 is 0 Å². The summed E-state index contributed by atoms with van der Waals surface area (Å²) in [6, 6.07) is 3.34. The quantitative estimate of drug-likeness (QED) is 0.534. The van der Waals surface area contributed by atoms with E-state index in [9.17, 15) is 4.79 Å². The van der Waals surface area contributed by atoms with E-state index in [-0.39, 0.29) is 11.9 Å². The zero-order valence-electron chi connectivity index (χ0n) is 11.6. The summed E-state index contributed by atoms with van der Waals surface area (Å²) in [5.41, 5.74) is 7.02. The maximum absolute atomic E-state index is 12.1. The Morgan fingerprint density at radius 1 is 1.36 bits per heavy atom. The first kappa shape index (κ1) is 13.9. The Morgan fingerprint density at radius 2 is 2.27 bits per heavy atom. The number of nitrogens with zero attached hydrogens (tertiary/aromatic N) is 4. The second-order valence-electron chi connectivity index (χ2n) is 4.41. The van der Waals surface area contributed by atoms with Crippen molar-refractivity contribution in [1.82, 2.24) is 24.9 Å². The fourth-order valence-corrected chi connectivity index (χ4v) is 1.88. The van der Waals surface area contributed by atoms with Gasteiger partial charge in [-0.1, -0.05) is 0 Å². The SMILES string of the molecule is NCCNc1nc(NC(=O)c2cccnc2)nc2[nH]cnc12. The molecule has 0 spiro atoms. The summed E-state index contributed by atoms with van der Waals surface area (Å²) in [6.07, 6.45) is 4.58. The molecule has 9 nitrogen and oxygen atoms in total. The number of hydrogen-bond donors (Lipinski definition) is 4. The van der Waals surface area contributed by atoms with Gasteiger partial charge in [-0.15, -0.1) is 0 Å². The van der Waals surface area contributed by atoms with Gasteiger partial charge in [-0.25, -0.2) is 4.98 Å². The molecule has 0 unspecified atom stereocenters. The third kappa shape index (κ3) is 2.83. The summed E-state index contributed by atoms with van der Waals surface area (Å²) in [5.74, 6) is 0.347. The number of fused-ring (bicyclic) bond motifs is 1. The lowest BCUT2D eigenvalue weighted by Crippen LogP contribution is -2.17. The largest absolute Gasteiger partial charge is 0.367 e. The summed E-state index contributed by atoms with van der Waals surface area (Å²) < 4.78 is 0. The number of carbonyl (C=O) groups is 1. The van der Waals surface area contributed by atoms with Crippen LogP contribution in [0.1, 0.15) is 10.4 Å². The second kappa shape index (κ2) is 6.14. The minimum absolute atomic E-state index is 0.171. The molecule has 0 saturated carbocycles. The van der Waals surface area contributed by atoms with E-state index >= 15 is 0 Å². The maximum atomic E-state index is 12.1. The van der Waals surface area contributed by atoms with Crippen LogP contribution in [0.3, 0.4) is 0 Å². The monoisotopic (exact) mass is 298 g/mol. The lowest BCUT2D eigenvalue weighted by molar-refractivity contribution is 0.102. The molecule has 3 heterocycles. The molecule has 3 rings (SSSR count). The van der Waals surface area contributed by atoms with Gasteiger partial charge >= 0.3 is 0 Å². The number of nitrogens with two attached hydrogens (primary N) is 1. The van der Waals surface area contributed by atoms with Crippen LogP contribution in [0.4, 0.5) is 11.8 Å². The Morgan fingerprint density at radius 3 is 3.05 bits per heavy atom. The van der Waals surface area contributed by atoms with E-state index in [0.717, 1.165) is 0 Å². The molecule has 0 fully saturated rings. The number of pyridine rings is 1. The van der Waals surface area contributed by atoms with Crippen LogP contribution in [0.15, 0.2) is 30.9 Å². The third-order valence-corrected chi connectivity index (χ3v) is 2.86. The van der Waals surface area contributed by atoms with Crippen molar-refractivity contribution in [3.05, 3.63) is 36.4 Å². The number of imidazole rings is 1. The number of aromatic nitrogens is 5. The van der Waals surface area contributed by atoms with E-state index < -0.39 is 0 Å². The van der Waals surface area contributed by atoms with Gasteiger partial charge < -0.3 is 16.0 Å². The van der Waals surface area contributed by atoms with Crippen molar-refractivity contribution in [3.8, 4) is 0 Å². The molecule has 3 aromatic rings. The van der Waals surface area contributed by atoms with Crippen molar-refractivity contribution in [1.29, 1.82) is 0 Å². The predicted octanol–water partition coefficient (Wildman–Crippen LogP) is 0.371. The summed E-state index contributed by atoms with van der Waals surface area (Å²) in [5, 5.41) is 5.69. The van der Waals surface area contributed by atoms with Crippen molar-refractivity contribution < 1.29 is 4.79 Å². The summed E-state index contributed by atoms with van der Waals surface area (Å²) in [4.78, 5) is 31.5. The summed E-state index contributed by atoms with van der Waals surface area (Å²) >= 11 is 0. The van der Waals surface area contributed by atoms with Gasteiger partial charge in [0.15, 0.2) is 11.5 Å². The molecule has 1 amide bonds. The molecule has 0 aliphatic carbocycles. The molecule has 0 saturated heterocycles.